The number of carbonyl (C=O) groups excluding carboxylic acids is 1. The van der Waals surface area contributed by atoms with E-state index in [0.29, 0.717) is 18.4 Å². The lowest BCUT2D eigenvalue weighted by molar-refractivity contribution is -0.120. The molecule has 102 valence electrons. The number of amides is 1. The molecule has 0 saturated carbocycles. The summed E-state index contributed by atoms with van der Waals surface area (Å²) in [4.78, 5) is 11.4. The Morgan fingerprint density at radius 1 is 1.18 bits per heavy atom. The second kappa shape index (κ2) is 9.42. The molecule has 0 aliphatic heterocycles. The average molecular weight is 244 g/mol. The lowest BCUT2D eigenvalue weighted by Gasteiger charge is -2.13. The molecule has 3 N–H and O–H groups in total. The number of hydrogen-bond donors (Lipinski definition) is 3. The van der Waals surface area contributed by atoms with E-state index in [1.807, 2.05) is 0 Å². The molecule has 0 bridgehead atoms. The fraction of sp³-hybridized carbons (Fsp3) is 0.923. The first kappa shape index (κ1) is 16.4. The minimum Gasteiger partial charge on any atom is -0.392 e. The molecular weight excluding hydrogens is 216 g/mol. The molecule has 0 spiro atoms. The summed E-state index contributed by atoms with van der Waals surface area (Å²) in [5, 5.41) is 15.4. The maximum Gasteiger partial charge on any atom is 0.233 e. The molecule has 1 amide bonds. The fourth-order valence-electron chi connectivity index (χ4n) is 1.54. The third kappa shape index (κ3) is 11.6. The van der Waals surface area contributed by atoms with Crippen LogP contribution in [0.5, 0.6) is 0 Å². The van der Waals surface area contributed by atoms with Crippen molar-refractivity contribution >= 4 is 5.91 Å². The lowest BCUT2D eigenvalue weighted by atomic mass is 10.1. The van der Waals surface area contributed by atoms with E-state index < -0.39 is 0 Å². The van der Waals surface area contributed by atoms with Crippen LogP contribution in [0.15, 0.2) is 0 Å². The predicted octanol–water partition coefficient (Wildman–Crippen LogP) is 1.15. The summed E-state index contributed by atoms with van der Waals surface area (Å²) in [5.74, 6) is 1.09. The van der Waals surface area contributed by atoms with Crippen molar-refractivity contribution < 1.29 is 9.90 Å². The van der Waals surface area contributed by atoms with E-state index in [1.165, 1.54) is 0 Å². The highest BCUT2D eigenvalue weighted by Gasteiger charge is 2.07. The van der Waals surface area contributed by atoms with Crippen molar-refractivity contribution in [3.8, 4) is 0 Å². The minimum absolute atomic E-state index is 0.00222. The highest BCUT2D eigenvalue weighted by Crippen LogP contribution is 2.02. The zero-order valence-electron chi connectivity index (χ0n) is 11.6. The lowest BCUT2D eigenvalue weighted by Crippen LogP contribution is -2.38. The molecule has 0 aromatic rings. The topological polar surface area (TPSA) is 61.4 Å². The van der Waals surface area contributed by atoms with Gasteiger partial charge in [0.2, 0.25) is 5.91 Å². The molecule has 0 saturated heterocycles. The van der Waals surface area contributed by atoms with Gasteiger partial charge in [0, 0.05) is 13.1 Å². The summed E-state index contributed by atoms with van der Waals surface area (Å²) in [6.07, 6.45) is 1.41. The molecule has 0 aromatic carbocycles. The number of nitrogens with one attached hydrogen (secondary N) is 2. The van der Waals surface area contributed by atoms with E-state index in [0.717, 1.165) is 19.4 Å². The highest BCUT2D eigenvalue weighted by atomic mass is 16.3. The van der Waals surface area contributed by atoms with E-state index in [4.69, 9.17) is 0 Å². The summed E-state index contributed by atoms with van der Waals surface area (Å²) in [6.45, 7) is 9.90. The standard InChI is InChI=1S/C13H28N2O2/c1-10(2)5-6-15-13(17)9-14-8-12(16)7-11(3)4/h10-12,14,16H,5-9H2,1-4H3,(H,15,17). The number of aliphatic hydroxyl groups is 1. The van der Waals surface area contributed by atoms with Gasteiger partial charge in [0.05, 0.1) is 12.6 Å². The van der Waals surface area contributed by atoms with Crippen LogP contribution in [0.4, 0.5) is 0 Å². The average Bonchev–Trinajstić information content (AvgIpc) is 2.15. The number of carbonyl (C=O) groups is 1. The first-order valence-electron chi connectivity index (χ1n) is 6.57. The van der Waals surface area contributed by atoms with E-state index >= 15 is 0 Å². The normalized spacial score (nSPS) is 13.1. The third-order valence-corrected chi connectivity index (χ3v) is 2.45. The summed E-state index contributed by atoms with van der Waals surface area (Å²) in [6, 6.07) is 0. The van der Waals surface area contributed by atoms with Gasteiger partial charge in [0.15, 0.2) is 0 Å². The molecule has 0 aliphatic carbocycles. The van der Waals surface area contributed by atoms with Crippen molar-refractivity contribution in [2.24, 2.45) is 11.8 Å². The Morgan fingerprint density at radius 3 is 2.35 bits per heavy atom. The van der Waals surface area contributed by atoms with Crippen LogP contribution in [0.25, 0.3) is 0 Å². The first-order valence-corrected chi connectivity index (χ1v) is 6.57. The van der Waals surface area contributed by atoms with Gasteiger partial charge in [-0.05, 0) is 24.7 Å². The van der Waals surface area contributed by atoms with Crippen LogP contribution >= 0.6 is 0 Å². The van der Waals surface area contributed by atoms with Crippen molar-refractivity contribution in [1.82, 2.24) is 10.6 Å². The molecule has 4 nitrogen and oxygen atoms in total. The Labute approximate surface area is 105 Å². The van der Waals surface area contributed by atoms with Crippen LogP contribution < -0.4 is 10.6 Å². The van der Waals surface area contributed by atoms with E-state index in [1.54, 1.807) is 0 Å². The zero-order chi connectivity index (χ0) is 13.3. The van der Waals surface area contributed by atoms with Crippen molar-refractivity contribution in [2.45, 2.75) is 46.6 Å². The van der Waals surface area contributed by atoms with Gasteiger partial charge in [-0.2, -0.15) is 0 Å². The molecule has 0 aliphatic rings. The SMILES string of the molecule is CC(C)CCNC(=O)CNCC(O)CC(C)C. The highest BCUT2D eigenvalue weighted by molar-refractivity contribution is 5.77. The molecule has 0 heterocycles. The van der Waals surface area contributed by atoms with Gasteiger partial charge >= 0.3 is 0 Å². The molecule has 0 fully saturated rings. The van der Waals surface area contributed by atoms with Gasteiger partial charge in [0.25, 0.3) is 0 Å². The van der Waals surface area contributed by atoms with Crippen LogP contribution in [0, 0.1) is 11.8 Å². The number of aliphatic hydroxyl groups excluding tert-OH is 1. The summed E-state index contributed by atoms with van der Waals surface area (Å²) < 4.78 is 0. The number of hydrogen-bond acceptors (Lipinski definition) is 3. The van der Waals surface area contributed by atoms with Crippen molar-refractivity contribution in [3.63, 3.8) is 0 Å². The number of rotatable bonds is 9. The molecule has 1 atom stereocenters. The van der Waals surface area contributed by atoms with Gasteiger partial charge in [-0.1, -0.05) is 27.7 Å². The molecule has 0 aromatic heterocycles. The van der Waals surface area contributed by atoms with Crippen LogP contribution in [0.3, 0.4) is 0 Å². The van der Waals surface area contributed by atoms with Crippen LogP contribution in [0.2, 0.25) is 0 Å². The Morgan fingerprint density at radius 2 is 1.82 bits per heavy atom. The fourth-order valence-corrected chi connectivity index (χ4v) is 1.54. The van der Waals surface area contributed by atoms with Crippen LogP contribution in [0.1, 0.15) is 40.5 Å². The van der Waals surface area contributed by atoms with Crippen molar-refractivity contribution in [3.05, 3.63) is 0 Å². The molecule has 4 heteroatoms. The van der Waals surface area contributed by atoms with Crippen LogP contribution in [-0.4, -0.2) is 36.8 Å². The quantitative estimate of drug-likeness (QED) is 0.570. The molecule has 17 heavy (non-hydrogen) atoms. The Bertz CT molecular complexity index is 206. The van der Waals surface area contributed by atoms with E-state index in [9.17, 15) is 9.90 Å². The van der Waals surface area contributed by atoms with Crippen molar-refractivity contribution in [1.29, 1.82) is 0 Å². The maximum absolute atomic E-state index is 11.4. The minimum atomic E-state index is -0.363. The second-order valence-electron chi connectivity index (χ2n) is 5.45. The smallest absolute Gasteiger partial charge is 0.233 e. The maximum atomic E-state index is 11.4. The second-order valence-corrected chi connectivity index (χ2v) is 5.45. The third-order valence-electron chi connectivity index (χ3n) is 2.45. The van der Waals surface area contributed by atoms with Gasteiger partial charge < -0.3 is 15.7 Å². The van der Waals surface area contributed by atoms with E-state index in [2.05, 4.69) is 38.3 Å². The monoisotopic (exact) mass is 244 g/mol. The molecule has 1 unspecified atom stereocenters. The molecule has 0 rings (SSSR count). The van der Waals surface area contributed by atoms with E-state index in [-0.39, 0.29) is 18.6 Å². The largest absolute Gasteiger partial charge is 0.392 e. The Kier molecular flexibility index (Phi) is 9.09. The zero-order valence-corrected chi connectivity index (χ0v) is 11.6. The Hall–Kier alpha value is -0.610. The summed E-state index contributed by atoms with van der Waals surface area (Å²) in [5.41, 5.74) is 0. The summed E-state index contributed by atoms with van der Waals surface area (Å²) in [7, 11) is 0. The Balaban J connectivity index is 3.44. The van der Waals surface area contributed by atoms with Gasteiger partial charge in [-0.3, -0.25) is 4.79 Å². The van der Waals surface area contributed by atoms with Crippen LogP contribution in [-0.2, 0) is 4.79 Å². The van der Waals surface area contributed by atoms with Gasteiger partial charge in [-0.25, -0.2) is 0 Å². The molecular formula is C13H28N2O2. The first-order chi connectivity index (χ1) is 7.91. The van der Waals surface area contributed by atoms with Gasteiger partial charge in [0.1, 0.15) is 0 Å². The van der Waals surface area contributed by atoms with Crippen molar-refractivity contribution in [2.75, 3.05) is 19.6 Å². The van der Waals surface area contributed by atoms with Gasteiger partial charge in [-0.15, -0.1) is 0 Å². The predicted molar refractivity (Wildman–Crippen MR) is 70.8 cm³/mol. The molecule has 0 radical (unpaired) electrons. The summed E-state index contributed by atoms with van der Waals surface area (Å²) >= 11 is 0.